The maximum atomic E-state index is 14.4. The number of nitrogens with two attached hydrogens (primary N) is 1. The number of esters is 3. The van der Waals surface area contributed by atoms with Crippen molar-refractivity contribution in [3.05, 3.63) is 54.5 Å². The number of nitrogens with zero attached hydrogens (tertiary/aromatic N) is 4. The zero-order chi connectivity index (χ0) is 36.2. The van der Waals surface area contributed by atoms with E-state index in [-0.39, 0.29) is 30.5 Å². The van der Waals surface area contributed by atoms with Crippen molar-refractivity contribution in [2.45, 2.75) is 70.7 Å². The summed E-state index contributed by atoms with van der Waals surface area (Å²) >= 11 is 0. The number of carbonyl (C=O) groups is 3. The van der Waals surface area contributed by atoms with Crippen LogP contribution >= 0.6 is 7.75 Å². The van der Waals surface area contributed by atoms with Crippen LogP contribution in [0.25, 0.3) is 5.52 Å². The fourth-order valence-electron chi connectivity index (χ4n) is 4.99. The Morgan fingerprint density at radius 2 is 1.72 bits per heavy atom. The molecule has 18 heteroatoms. The van der Waals surface area contributed by atoms with Crippen LogP contribution in [0.3, 0.4) is 0 Å². The van der Waals surface area contributed by atoms with Gasteiger partial charge in [0.05, 0.1) is 30.7 Å². The van der Waals surface area contributed by atoms with Gasteiger partial charge in [-0.3, -0.25) is 18.9 Å². The molecule has 0 saturated carbocycles. The highest BCUT2D eigenvalue weighted by molar-refractivity contribution is 7.52. The van der Waals surface area contributed by atoms with Crippen LogP contribution in [-0.2, 0) is 47.2 Å². The number of nitrogens with one attached hydrogen (secondary N) is 1. The Hall–Kier alpha value is -4.59. The standard InChI is InChI=1S/C32H39N6O11P/c1-18(2)29(39)46-26-25(23-11-12-24-28(34)35-17-36-38(23)24)48-32(15-33,27(26)47-30(40)19(3)4)16-44-50(42,49-21-9-7-6-8-10-21)37-20(5)31(41)45-22-13-43-14-22/h6-12,17-20,22,25-27H,13-14,16H2,1-5H3,(H,37,42)(H2,34,35,36)/t20?,25-,26-,27-,32+,50?/m0/s1. The first-order valence-corrected chi connectivity index (χ1v) is 17.4. The zero-order valence-corrected chi connectivity index (χ0v) is 29.0. The molecule has 3 aromatic rings. The largest absolute Gasteiger partial charge is 0.459 e. The number of rotatable bonds is 14. The monoisotopic (exact) mass is 714 g/mol. The molecule has 2 aliphatic rings. The van der Waals surface area contributed by atoms with Gasteiger partial charge in [-0.1, -0.05) is 45.9 Å². The van der Waals surface area contributed by atoms with Gasteiger partial charge >= 0.3 is 25.7 Å². The Balaban J connectivity index is 1.54. The van der Waals surface area contributed by atoms with Crippen LogP contribution in [0.15, 0.2) is 48.8 Å². The molecule has 0 radical (unpaired) electrons. The first kappa shape index (κ1) is 36.7. The lowest BCUT2D eigenvalue weighted by molar-refractivity contribution is -0.174. The number of benzene rings is 1. The fraction of sp³-hybridized carbons (Fsp3) is 0.500. The third-order valence-electron chi connectivity index (χ3n) is 7.84. The van der Waals surface area contributed by atoms with Gasteiger partial charge in [0.15, 0.2) is 18.0 Å². The molecule has 0 spiro atoms. The molecular formula is C32H39N6O11P. The van der Waals surface area contributed by atoms with Crippen molar-refractivity contribution in [2.75, 3.05) is 25.6 Å². The number of anilines is 1. The number of hydrogen-bond acceptors (Lipinski definition) is 15. The molecule has 2 aromatic heterocycles. The smallest absolute Gasteiger partial charge is 0.456 e. The van der Waals surface area contributed by atoms with E-state index in [9.17, 15) is 24.2 Å². The van der Waals surface area contributed by atoms with Crippen LogP contribution in [0.4, 0.5) is 5.82 Å². The summed E-state index contributed by atoms with van der Waals surface area (Å²) in [6, 6.07) is 12.0. The van der Waals surface area contributed by atoms with Crippen LogP contribution < -0.4 is 15.3 Å². The highest BCUT2D eigenvalue weighted by atomic mass is 31.2. The van der Waals surface area contributed by atoms with Crippen LogP contribution in [-0.4, -0.2) is 82.3 Å². The molecule has 2 unspecified atom stereocenters. The van der Waals surface area contributed by atoms with Crippen LogP contribution in [0.2, 0.25) is 0 Å². The quantitative estimate of drug-likeness (QED) is 0.139. The highest BCUT2D eigenvalue weighted by Gasteiger charge is 2.62. The van der Waals surface area contributed by atoms with Crippen molar-refractivity contribution < 1.29 is 51.7 Å². The second-order valence-electron chi connectivity index (χ2n) is 12.4. The fourth-order valence-corrected chi connectivity index (χ4v) is 6.51. The predicted molar refractivity (Wildman–Crippen MR) is 173 cm³/mol. The lowest BCUT2D eigenvalue weighted by Gasteiger charge is -2.31. The topological polar surface area (TPSA) is 225 Å². The number of carbonyl (C=O) groups excluding carboxylic acids is 3. The molecule has 268 valence electrons. The molecule has 3 N–H and O–H groups in total. The van der Waals surface area contributed by atoms with Gasteiger partial charge in [0.25, 0.3) is 0 Å². The Morgan fingerprint density at radius 1 is 1.04 bits per heavy atom. The van der Waals surface area contributed by atoms with E-state index in [2.05, 4.69) is 15.2 Å². The minimum Gasteiger partial charge on any atom is -0.456 e. The summed E-state index contributed by atoms with van der Waals surface area (Å²) in [5, 5.41) is 17.6. The van der Waals surface area contributed by atoms with Gasteiger partial charge in [-0.2, -0.15) is 15.4 Å². The second kappa shape index (κ2) is 15.1. The van der Waals surface area contributed by atoms with E-state index in [1.165, 1.54) is 29.9 Å². The third-order valence-corrected chi connectivity index (χ3v) is 9.46. The first-order valence-electron chi connectivity index (χ1n) is 15.9. The summed E-state index contributed by atoms with van der Waals surface area (Å²) < 4.78 is 56.0. The summed E-state index contributed by atoms with van der Waals surface area (Å²) in [6.07, 6.45) is -3.58. The summed E-state index contributed by atoms with van der Waals surface area (Å²) in [5.74, 6) is -3.22. The molecule has 2 saturated heterocycles. The van der Waals surface area contributed by atoms with E-state index >= 15 is 0 Å². The van der Waals surface area contributed by atoms with Crippen LogP contribution in [0, 0.1) is 23.2 Å². The predicted octanol–water partition coefficient (Wildman–Crippen LogP) is 2.90. The number of fused-ring (bicyclic) bond motifs is 1. The molecule has 2 fully saturated rings. The van der Waals surface area contributed by atoms with Crippen LogP contribution in [0.1, 0.15) is 46.4 Å². The average Bonchev–Trinajstić information content (AvgIpc) is 3.62. The normalized spacial score (nSPS) is 23.8. The van der Waals surface area contributed by atoms with Gasteiger partial charge in [-0.15, -0.1) is 0 Å². The Bertz CT molecular complexity index is 1790. The van der Waals surface area contributed by atoms with Gasteiger partial charge in [-0.05, 0) is 31.2 Å². The molecule has 50 heavy (non-hydrogen) atoms. The molecule has 2 aliphatic heterocycles. The Labute approximate surface area is 287 Å². The van der Waals surface area contributed by atoms with Crippen molar-refractivity contribution in [2.24, 2.45) is 11.8 Å². The van der Waals surface area contributed by atoms with Gasteiger partial charge in [0.2, 0.25) is 5.60 Å². The van der Waals surface area contributed by atoms with Crippen LogP contribution in [0.5, 0.6) is 5.75 Å². The van der Waals surface area contributed by atoms with Gasteiger partial charge in [0.1, 0.15) is 48.5 Å². The lowest BCUT2D eigenvalue weighted by Crippen LogP contribution is -2.50. The molecular weight excluding hydrogens is 675 g/mol. The van der Waals surface area contributed by atoms with E-state index in [0.29, 0.717) is 5.52 Å². The molecule has 0 bridgehead atoms. The maximum absolute atomic E-state index is 14.4. The second-order valence-corrected chi connectivity index (χ2v) is 14.1. The minimum atomic E-state index is -4.57. The van der Waals surface area contributed by atoms with Gasteiger partial charge in [-0.25, -0.2) is 14.1 Å². The van der Waals surface area contributed by atoms with E-state index < -0.39 is 80.2 Å². The van der Waals surface area contributed by atoms with Crippen molar-refractivity contribution in [1.29, 1.82) is 5.26 Å². The molecule has 6 atom stereocenters. The molecule has 4 heterocycles. The highest BCUT2D eigenvalue weighted by Crippen LogP contribution is 2.50. The number of ether oxygens (including phenoxy) is 5. The average molecular weight is 715 g/mol. The van der Waals surface area contributed by atoms with Crippen molar-refractivity contribution >= 4 is 37.0 Å². The number of hydrogen-bond donors (Lipinski definition) is 2. The van der Waals surface area contributed by atoms with Crippen molar-refractivity contribution in [3.63, 3.8) is 0 Å². The number of nitriles is 1. The first-order chi connectivity index (χ1) is 23.8. The van der Waals surface area contributed by atoms with Gasteiger partial charge in [0, 0.05) is 0 Å². The van der Waals surface area contributed by atoms with E-state index in [0.717, 1.165) is 0 Å². The Kier molecular flexibility index (Phi) is 11.1. The third kappa shape index (κ3) is 7.90. The lowest BCUT2D eigenvalue weighted by atomic mass is 9.95. The minimum absolute atomic E-state index is 0.107. The van der Waals surface area contributed by atoms with Crippen molar-refractivity contribution in [3.8, 4) is 11.8 Å². The summed E-state index contributed by atoms with van der Waals surface area (Å²) in [5.41, 5.74) is 4.46. The van der Waals surface area contributed by atoms with E-state index in [1.54, 1.807) is 58.0 Å². The van der Waals surface area contributed by atoms with E-state index in [4.69, 9.17) is 38.5 Å². The van der Waals surface area contributed by atoms with E-state index in [1.807, 2.05) is 6.07 Å². The Morgan fingerprint density at radius 3 is 2.34 bits per heavy atom. The number of aromatic nitrogens is 3. The zero-order valence-electron chi connectivity index (χ0n) is 28.1. The SMILES string of the molecule is CC(C)C(=O)O[C@H]1[C@H](c2ccc3c(N)ncnn23)O[C@](C#N)(COP(=O)(NC(C)C(=O)OC2COC2)Oc2ccccc2)[C@H]1OC(=O)C(C)C. The summed E-state index contributed by atoms with van der Waals surface area (Å²) in [7, 11) is -4.57. The molecule has 1 aromatic carbocycles. The maximum Gasteiger partial charge on any atom is 0.459 e. The summed E-state index contributed by atoms with van der Waals surface area (Å²) in [6.45, 7) is 7.37. The van der Waals surface area contributed by atoms with Crippen molar-refractivity contribution in [1.82, 2.24) is 19.7 Å². The molecule has 0 aliphatic carbocycles. The number of para-hydroxylation sites is 1. The molecule has 5 rings (SSSR count). The summed E-state index contributed by atoms with van der Waals surface area (Å²) in [4.78, 5) is 43.0. The molecule has 0 amide bonds. The molecule has 17 nitrogen and oxygen atoms in total. The number of nitrogen functional groups attached to an aromatic ring is 1. The van der Waals surface area contributed by atoms with Gasteiger partial charge < -0.3 is 33.9 Å².